The lowest BCUT2D eigenvalue weighted by atomic mass is 10.1. The van der Waals surface area contributed by atoms with Crippen LogP contribution in [-0.4, -0.2) is 11.1 Å². The number of carbonyl (C=O) groups is 1. The first-order valence-electron chi connectivity index (χ1n) is 3.13. The van der Waals surface area contributed by atoms with Crippen LogP contribution in [0.4, 0.5) is 0 Å². The van der Waals surface area contributed by atoms with Gasteiger partial charge in [-0.05, 0) is 12.8 Å². The van der Waals surface area contributed by atoms with Crippen molar-refractivity contribution in [1.29, 1.82) is 0 Å². The van der Waals surface area contributed by atoms with E-state index in [0.29, 0.717) is 0 Å². The third-order valence-corrected chi connectivity index (χ3v) is 1.24. The minimum absolute atomic E-state index is 0.836. The van der Waals surface area contributed by atoms with E-state index < -0.39 is 5.97 Å². The maximum Gasteiger partial charge on any atom is 0.328 e. The van der Waals surface area contributed by atoms with Crippen LogP contribution in [0.3, 0.4) is 0 Å². The van der Waals surface area contributed by atoms with Crippen LogP contribution < -0.4 is 0 Å². The molecule has 0 aliphatic carbocycles. The van der Waals surface area contributed by atoms with Crippen LogP contribution in [0.5, 0.6) is 0 Å². The standard InChI is InChI=1S/C7H12O2/c1-3-6(4-2)5-7(8)9/h5H,3-4H2,1-2H3,(H,8,9). The molecule has 0 aliphatic heterocycles. The van der Waals surface area contributed by atoms with Crippen LogP contribution in [0.15, 0.2) is 11.6 Å². The van der Waals surface area contributed by atoms with Gasteiger partial charge in [-0.2, -0.15) is 0 Å². The van der Waals surface area contributed by atoms with Crippen molar-refractivity contribution in [3.63, 3.8) is 0 Å². The SMILES string of the molecule is CCC(=CC(=O)O)CC. The van der Waals surface area contributed by atoms with Crippen LogP contribution in [0, 0.1) is 0 Å². The fraction of sp³-hybridized carbons (Fsp3) is 0.571. The zero-order valence-electron chi connectivity index (χ0n) is 5.85. The Kier molecular flexibility index (Phi) is 3.76. The van der Waals surface area contributed by atoms with Crippen molar-refractivity contribution < 1.29 is 9.90 Å². The van der Waals surface area contributed by atoms with Crippen LogP contribution in [0.2, 0.25) is 0 Å². The van der Waals surface area contributed by atoms with Gasteiger partial charge in [0.1, 0.15) is 0 Å². The van der Waals surface area contributed by atoms with Crippen LogP contribution in [0.25, 0.3) is 0 Å². The first-order valence-corrected chi connectivity index (χ1v) is 3.13. The van der Waals surface area contributed by atoms with E-state index in [1.165, 1.54) is 6.08 Å². The quantitative estimate of drug-likeness (QED) is 0.588. The highest BCUT2D eigenvalue weighted by molar-refractivity contribution is 5.80. The number of carboxylic acid groups (broad SMARTS) is 1. The lowest BCUT2D eigenvalue weighted by Gasteiger charge is -1.94. The molecule has 0 aromatic carbocycles. The highest BCUT2D eigenvalue weighted by Crippen LogP contribution is 2.03. The normalized spacial score (nSPS) is 8.67. The first kappa shape index (κ1) is 8.21. The summed E-state index contributed by atoms with van der Waals surface area (Å²) in [5.41, 5.74) is 0.988. The Bertz CT molecular complexity index is 119. The molecule has 9 heavy (non-hydrogen) atoms. The Morgan fingerprint density at radius 2 is 1.89 bits per heavy atom. The van der Waals surface area contributed by atoms with Gasteiger partial charge in [-0.3, -0.25) is 0 Å². The van der Waals surface area contributed by atoms with Crippen molar-refractivity contribution in [3.05, 3.63) is 11.6 Å². The van der Waals surface area contributed by atoms with E-state index in [1.807, 2.05) is 13.8 Å². The van der Waals surface area contributed by atoms with E-state index >= 15 is 0 Å². The molecule has 0 spiro atoms. The van der Waals surface area contributed by atoms with Gasteiger partial charge in [0, 0.05) is 6.08 Å². The number of aliphatic carboxylic acids is 1. The molecular formula is C7H12O2. The van der Waals surface area contributed by atoms with Crippen molar-refractivity contribution >= 4 is 5.97 Å². The molecule has 0 atom stereocenters. The topological polar surface area (TPSA) is 37.3 Å². The summed E-state index contributed by atoms with van der Waals surface area (Å²) in [6.07, 6.45) is 2.95. The summed E-state index contributed by atoms with van der Waals surface area (Å²) in [7, 11) is 0. The van der Waals surface area contributed by atoms with Crippen molar-refractivity contribution in [2.45, 2.75) is 26.7 Å². The summed E-state index contributed by atoms with van der Waals surface area (Å²) in [5, 5.41) is 8.27. The molecule has 0 bridgehead atoms. The molecular weight excluding hydrogens is 116 g/mol. The summed E-state index contributed by atoms with van der Waals surface area (Å²) in [4.78, 5) is 10.1. The molecule has 0 rings (SSSR count). The Labute approximate surface area is 55.2 Å². The fourth-order valence-electron chi connectivity index (χ4n) is 0.629. The number of carboxylic acids is 1. The molecule has 0 aromatic heterocycles. The predicted octanol–water partition coefficient (Wildman–Crippen LogP) is 1.82. The second-order valence-corrected chi connectivity index (χ2v) is 1.85. The number of rotatable bonds is 3. The van der Waals surface area contributed by atoms with Gasteiger partial charge in [0.2, 0.25) is 0 Å². The molecule has 0 radical (unpaired) electrons. The second kappa shape index (κ2) is 4.13. The third-order valence-electron chi connectivity index (χ3n) is 1.24. The number of hydrogen-bond donors (Lipinski definition) is 1. The zero-order valence-corrected chi connectivity index (χ0v) is 5.85. The number of allylic oxidation sites excluding steroid dienone is 1. The highest BCUT2D eigenvalue weighted by atomic mass is 16.4. The fourth-order valence-corrected chi connectivity index (χ4v) is 0.629. The lowest BCUT2D eigenvalue weighted by molar-refractivity contribution is -0.131. The predicted molar refractivity (Wildman–Crippen MR) is 36.3 cm³/mol. The Morgan fingerprint density at radius 1 is 1.44 bits per heavy atom. The van der Waals surface area contributed by atoms with Crippen molar-refractivity contribution in [1.82, 2.24) is 0 Å². The molecule has 2 heteroatoms. The van der Waals surface area contributed by atoms with Crippen LogP contribution in [-0.2, 0) is 4.79 Å². The molecule has 2 nitrogen and oxygen atoms in total. The van der Waals surface area contributed by atoms with E-state index in [1.54, 1.807) is 0 Å². The third kappa shape index (κ3) is 3.76. The average Bonchev–Trinajstić information content (AvgIpc) is 1.82. The molecule has 0 heterocycles. The van der Waals surface area contributed by atoms with E-state index in [0.717, 1.165) is 18.4 Å². The van der Waals surface area contributed by atoms with Crippen LogP contribution >= 0.6 is 0 Å². The molecule has 52 valence electrons. The van der Waals surface area contributed by atoms with Gasteiger partial charge in [-0.25, -0.2) is 4.79 Å². The van der Waals surface area contributed by atoms with Gasteiger partial charge in [0.15, 0.2) is 0 Å². The smallest absolute Gasteiger partial charge is 0.328 e. The minimum Gasteiger partial charge on any atom is -0.478 e. The van der Waals surface area contributed by atoms with Gasteiger partial charge in [0.05, 0.1) is 0 Å². The summed E-state index contributed by atoms with van der Waals surface area (Å²) >= 11 is 0. The van der Waals surface area contributed by atoms with Gasteiger partial charge in [-0.15, -0.1) is 0 Å². The minimum atomic E-state index is -0.839. The molecule has 0 unspecified atom stereocenters. The summed E-state index contributed by atoms with van der Waals surface area (Å²) in [6.45, 7) is 3.91. The summed E-state index contributed by atoms with van der Waals surface area (Å²) < 4.78 is 0. The highest BCUT2D eigenvalue weighted by Gasteiger charge is 1.92. The maximum absolute atomic E-state index is 10.1. The maximum atomic E-state index is 10.1. The van der Waals surface area contributed by atoms with Crippen LogP contribution in [0.1, 0.15) is 26.7 Å². The summed E-state index contributed by atoms with van der Waals surface area (Å²) in [5.74, 6) is -0.839. The molecule has 0 fully saturated rings. The van der Waals surface area contributed by atoms with Gasteiger partial charge in [-0.1, -0.05) is 19.4 Å². The van der Waals surface area contributed by atoms with Gasteiger partial charge >= 0.3 is 5.97 Å². The summed E-state index contributed by atoms with van der Waals surface area (Å²) in [6, 6.07) is 0. The van der Waals surface area contributed by atoms with Crippen molar-refractivity contribution in [2.24, 2.45) is 0 Å². The first-order chi connectivity index (χ1) is 4.20. The van der Waals surface area contributed by atoms with E-state index in [4.69, 9.17) is 5.11 Å². The van der Waals surface area contributed by atoms with Gasteiger partial charge in [0.25, 0.3) is 0 Å². The van der Waals surface area contributed by atoms with Crippen molar-refractivity contribution in [2.75, 3.05) is 0 Å². The molecule has 0 aliphatic rings. The largest absolute Gasteiger partial charge is 0.478 e. The molecule has 0 amide bonds. The van der Waals surface area contributed by atoms with E-state index in [9.17, 15) is 4.79 Å². The lowest BCUT2D eigenvalue weighted by Crippen LogP contribution is -1.90. The molecule has 0 aromatic rings. The number of hydrogen-bond acceptors (Lipinski definition) is 1. The Hall–Kier alpha value is -0.790. The van der Waals surface area contributed by atoms with E-state index in [2.05, 4.69) is 0 Å². The zero-order chi connectivity index (χ0) is 7.28. The molecule has 0 saturated heterocycles. The average molecular weight is 128 g/mol. The monoisotopic (exact) mass is 128 g/mol. The van der Waals surface area contributed by atoms with E-state index in [-0.39, 0.29) is 0 Å². The van der Waals surface area contributed by atoms with Crippen molar-refractivity contribution in [3.8, 4) is 0 Å². The second-order valence-electron chi connectivity index (χ2n) is 1.85. The Balaban J connectivity index is 3.91. The Morgan fingerprint density at radius 3 is 2.00 bits per heavy atom. The van der Waals surface area contributed by atoms with Gasteiger partial charge < -0.3 is 5.11 Å². The molecule has 0 saturated carbocycles. The molecule has 1 N–H and O–H groups in total.